The summed E-state index contributed by atoms with van der Waals surface area (Å²) in [5.41, 5.74) is 0.576. The molecule has 5 heteroatoms. The molecule has 0 aliphatic carbocycles. The molecule has 0 spiro atoms. The number of likely N-dealkylation sites (N-methyl/N-ethyl adjacent to an activating group) is 1. The summed E-state index contributed by atoms with van der Waals surface area (Å²) < 4.78 is 0. The molecule has 0 radical (unpaired) electrons. The number of phenols is 1. The molecule has 0 unspecified atom stereocenters. The first-order chi connectivity index (χ1) is 8.50. The molecular weight excluding hydrogens is 234 g/mol. The Morgan fingerprint density at radius 1 is 1.28 bits per heavy atom. The number of carboxylic acid groups (broad SMARTS) is 1. The van der Waals surface area contributed by atoms with E-state index in [9.17, 15) is 14.7 Å². The van der Waals surface area contributed by atoms with Gasteiger partial charge >= 0.3 is 5.97 Å². The van der Waals surface area contributed by atoms with Crippen molar-refractivity contribution in [3.63, 3.8) is 0 Å². The predicted octanol–water partition coefficient (Wildman–Crippen LogP) is 1.26. The second kappa shape index (κ2) is 6.64. The standard InChI is InChI=1S/C13H17NO4/c1-14(8-4-7-13(17)18)12(16)9-10-5-2-3-6-11(10)15/h2-3,5-6,15H,4,7-9H2,1H3,(H,17,18). The highest BCUT2D eigenvalue weighted by Crippen LogP contribution is 2.16. The molecule has 1 aromatic rings. The fraction of sp³-hybridized carbons (Fsp3) is 0.385. The average molecular weight is 251 g/mol. The number of aliphatic carboxylic acids is 1. The summed E-state index contributed by atoms with van der Waals surface area (Å²) in [6.45, 7) is 0.402. The molecule has 98 valence electrons. The highest BCUT2D eigenvalue weighted by atomic mass is 16.4. The van der Waals surface area contributed by atoms with E-state index in [1.165, 1.54) is 11.0 Å². The molecule has 2 N–H and O–H groups in total. The Hall–Kier alpha value is -2.04. The maximum atomic E-state index is 11.8. The summed E-state index contributed by atoms with van der Waals surface area (Å²) in [5, 5.41) is 18.0. The molecule has 0 aliphatic heterocycles. The quantitative estimate of drug-likeness (QED) is 0.797. The van der Waals surface area contributed by atoms with Crippen molar-refractivity contribution in [3.8, 4) is 5.75 Å². The second-order valence-corrected chi connectivity index (χ2v) is 4.12. The molecule has 1 rings (SSSR count). The van der Waals surface area contributed by atoms with Crippen LogP contribution in [0.15, 0.2) is 24.3 Å². The van der Waals surface area contributed by atoms with E-state index in [2.05, 4.69) is 0 Å². The summed E-state index contributed by atoms with van der Waals surface area (Å²) >= 11 is 0. The first kappa shape index (κ1) is 14.0. The summed E-state index contributed by atoms with van der Waals surface area (Å²) in [5.74, 6) is -0.900. The van der Waals surface area contributed by atoms with E-state index in [0.29, 0.717) is 18.5 Å². The van der Waals surface area contributed by atoms with Crippen LogP contribution in [0.2, 0.25) is 0 Å². The molecule has 0 heterocycles. The molecule has 0 saturated heterocycles. The van der Waals surface area contributed by atoms with Gasteiger partial charge in [-0.3, -0.25) is 9.59 Å². The van der Waals surface area contributed by atoms with Gasteiger partial charge in [0, 0.05) is 25.6 Å². The molecule has 0 fully saturated rings. The van der Waals surface area contributed by atoms with Gasteiger partial charge in [-0.25, -0.2) is 0 Å². The number of rotatable bonds is 6. The number of amides is 1. The van der Waals surface area contributed by atoms with Gasteiger partial charge < -0.3 is 15.1 Å². The van der Waals surface area contributed by atoms with Crippen LogP contribution < -0.4 is 0 Å². The first-order valence-electron chi connectivity index (χ1n) is 5.73. The topological polar surface area (TPSA) is 77.8 Å². The lowest BCUT2D eigenvalue weighted by atomic mass is 10.1. The van der Waals surface area contributed by atoms with Crippen molar-refractivity contribution in [3.05, 3.63) is 29.8 Å². The van der Waals surface area contributed by atoms with Crippen molar-refractivity contribution in [2.24, 2.45) is 0 Å². The summed E-state index contributed by atoms with van der Waals surface area (Å²) in [6, 6.07) is 6.68. The van der Waals surface area contributed by atoms with Crippen LogP contribution in [0.1, 0.15) is 18.4 Å². The zero-order valence-electron chi connectivity index (χ0n) is 10.3. The van der Waals surface area contributed by atoms with Crippen LogP contribution >= 0.6 is 0 Å². The number of phenolic OH excluding ortho intramolecular Hbond substituents is 1. The van der Waals surface area contributed by atoms with Gasteiger partial charge in [-0.05, 0) is 12.5 Å². The zero-order valence-corrected chi connectivity index (χ0v) is 10.3. The smallest absolute Gasteiger partial charge is 0.303 e. The van der Waals surface area contributed by atoms with E-state index >= 15 is 0 Å². The van der Waals surface area contributed by atoms with Crippen molar-refractivity contribution >= 4 is 11.9 Å². The van der Waals surface area contributed by atoms with E-state index < -0.39 is 5.97 Å². The van der Waals surface area contributed by atoms with Crippen LogP contribution in [0.3, 0.4) is 0 Å². The Morgan fingerprint density at radius 2 is 1.94 bits per heavy atom. The molecule has 0 aliphatic rings. The van der Waals surface area contributed by atoms with Crippen LogP contribution in [0.25, 0.3) is 0 Å². The minimum atomic E-state index is -0.864. The van der Waals surface area contributed by atoms with Crippen molar-refractivity contribution in [1.29, 1.82) is 0 Å². The maximum absolute atomic E-state index is 11.8. The fourth-order valence-electron chi connectivity index (χ4n) is 1.55. The molecule has 0 saturated carbocycles. The number of para-hydroxylation sites is 1. The van der Waals surface area contributed by atoms with Crippen LogP contribution in [0, 0.1) is 0 Å². The van der Waals surface area contributed by atoms with Gasteiger partial charge in [0.1, 0.15) is 5.75 Å². The van der Waals surface area contributed by atoms with Gasteiger partial charge in [0.05, 0.1) is 6.42 Å². The van der Waals surface area contributed by atoms with Crippen molar-refractivity contribution < 1.29 is 19.8 Å². The Kier molecular flexibility index (Phi) is 5.17. The maximum Gasteiger partial charge on any atom is 0.303 e. The summed E-state index contributed by atoms with van der Waals surface area (Å²) in [4.78, 5) is 23.6. The van der Waals surface area contributed by atoms with E-state index in [4.69, 9.17) is 5.11 Å². The Morgan fingerprint density at radius 3 is 2.56 bits per heavy atom. The van der Waals surface area contributed by atoms with Gasteiger partial charge in [0.25, 0.3) is 0 Å². The van der Waals surface area contributed by atoms with E-state index in [-0.39, 0.29) is 24.5 Å². The van der Waals surface area contributed by atoms with Crippen LogP contribution in [-0.4, -0.2) is 40.6 Å². The number of nitrogens with zero attached hydrogens (tertiary/aromatic N) is 1. The minimum absolute atomic E-state index is 0.0498. The fourth-order valence-corrected chi connectivity index (χ4v) is 1.55. The Bertz CT molecular complexity index is 431. The second-order valence-electron chi connectivity index (χ2n) is 4.12. The van der Waals surface area contributed by atoms with Crippen molar-refractivity contribution in [1.82, 2.24) is 4.90 Å². The number of carboxylic acids is 1. The highest BCUT2D eigenvalue weighted by molar-refractivity contribution is 5.79. The number of aromatic hydroxyl groups is 1. The molecule has 18 heavy (non-hydrogen) atoms. The lowest BCUT2D eigenvalue weighted by Crippen LogP contribution is -2.29. The first-order valence-corrected chi connectivity index (χ1v) is 5.73. The van der Waals surface area contributed by atoms with Crippen molar-refractivity contribution in [2.45, 2.75) is 19.3 Å². The summed E-state index contributed by atoms with van der Waals surface area (Å²) in [7, 11) is 1.63. The van der Waals surface area contributed by atoms with E-state index in [1.54, 1.807) is 25.2 Å². The third-order valence-electron chi connectivity index (χ3n) is 2.64. The van der Waals surface area contributed by atoms with E-state index in [1.807, 2.05) is 0 Å². The Labute approximate surface area is 106 Å². The third-order valence-corrected chi connectivity index (χ3v) is 2.64. The van der Waals surface area contributed by atoms with Gasteiger partial charge in [-0.15, -0.1) is 0 Å². The molecule has 0 bridgehead atoms. The highest BCUT2D eigenvalue weighted by Gasteiger charge is 2.12. The van der Waals surface area contributed by atoms with Gasteiger partial charge in [0.2, 0.25) is 5.91 Å². The molecular formula is C13H17NO4. The number of benzene rings is 1. The zero-order chi connectivity index (χ0) is 13.5. The van der Waals surface area contributed by atoms with Crippen LogP contribution in [0.4, 0.5) is 0 Å². The lowest BCUT2D eigenvalue weighted by Gasteiger charge is -2.16. The third kappa shape index (κ3) is 4.45. The number of carbonyl (C=O) groups is 2. The number of carbonyl (C=O) groups excluding carboxylic acids is 1. The van der Waals surface area contributed by atoms with E-state index in [0.717, 1.165) is 0 Å². The minimum Gasteiger partial charge on any atom is -0.508 e. The number of hydrogen-bond acceptors (Lipinski definition) is 3. The predicted molar refractivity (Wildman–Crippen MR) is 66.3 cm³/mol. The molecule has 1 aromatic carbocycles. The lowest BCUT2D eigenvalue weighted by molar-refractivity contribution is -0.138. The molecule has 5 nitrogen and oxygen atoms in total. The number of hydrogen-bond donors (Lipinski definition) is 2. The van der Waals surface area contributed by atoms with Crippen LogP contribution in [-0.2, 0) is 16.0 Å². The molecule has 0 atom stereocenters. The largest absolute Gasteiger partial charge is 0.508 e. The molecule has 1 amide bonds. The molecule has 0 aromatic heterocycles. The normalized spacial score (nSPS) is 10.1. The van der Waals surface area contributed by atoms with Gasteiger partial charge in [-0.1, -0.05) is 18.2 Å². The van der Waals surface area contributed by atoms with Crippen LogP contribution in [0.5, 0.6) is 5.75 Å². The van der Waals surface area contributed by atoms with Gasteiger partial charge in [0.15, 0.2) is 0 Å². The average Bonchev–Trinajstić information content (AvgIpc) is 2.31. The monoisotopic (exact) mass is 251 g/mol. The summed E-state index contributed by atoms with van der Waals surface area (Å²) in [6.07, 6.45) is 0.600. The van der Waals surface area contributed by atoms with Crippen molar-refractivity contribution in [2.75, 3.05) is 13.6 Å². The SMILES string of the molecule is CN(CCCC(=O)O)C(=O)Cc1ccccc1O. The Balaban J connectivity index is 2.45. The van der Waals surface area contributed by atoms with Gasteiger partial charge in [-0.2, -0.15) is 0 Å².